The number of carboxylic acid groups (broad SMARTS) is 1. The predicted octanol–water partition coefficient (Wildman–Crippen LogP) is 4.78. The summed E-state index contributed by atoms with van der Waals surface area (Å²) < 4.78 is 0. The van der Waals surface area contributed by atoms with Gasteiger partial charge in [-0.25, -0.2) is 4.79 Å². The Balaban J connectivity index is -0.000000260. The van der Waals surface area contributed by atoms with Crippen LogP contribution >= 0.6 is 0 Å². The van der Waals surface area contributed by atoms with Crippen LogP contribution in [0.4, 0.5) is 0 Å². The van der Waals surface area contributed by atoms with Crippen molar-refractivity contribution in [2.24, 2.45) is 5.73 Å². The highest BCUT2D eigenvalue weighted by Crippen LogP contribution is 2.13. The quantitative estimate of drug-likeness (QED) is 0.0518. The van der Waals surface area contributed by atoms with E-state index >= 15 is 0 Å². The Bertz CT molecular complexity index is 616. The molecule has 0 spiro atoms. The van der Waals surface area contributed by atoms with Gasteiger partial charge in [0.05, 0.1) is 13.5 Å². The summed E-state index contributed by atoms with van der Waals surface area (Å²) in [5.74, 6) is -1.07. The number of carboxylic acids is 1. The van der Waals surface area contributed by atoms with E-state index in [1.165, 1.54) is 71.0 Å². The fourth-order valence-corrected chi connectivity index (χ4v) is 3.78. The normalized spacial score (nSPS) is 9.95. The first-order chi connectivity index (χ1) is 21.3. The number of aliphatic carboxylic acids is 1. The van der Waals surface area contributed by atoms with E-state index in [0.29, 0.717) is 12.8 Å². The molecule has 2 amide bonds. The summed E-state index contributed by atoms with van der Waals surface area (Å²) >= 11 is 0. The number of nitrogens with two attached hydrogens (primary N) is 1. The van der Waals surface area contributed by atoms with Gasteiger partial charge in [0.2, 0.25) is 12.3 Å². The van der Waals surface area contributed by atoms with Gasteiger partial charge in [0, 0.05) is 33.0 Å². The first-order valence-electron chi connectivity index (χ1n) is 16.4. The number of aldehydes is 1. The van der Waals surface area contributed by atoms with E-state index in [0.717, 1.165) is 77.7 Å². The first kappa shape index (κ1) is 51.4. The van der Waals surface area contributed by atoms with Crippen LogP contribution in [0.25, 0.3) is 0 Å². The molecule has 4 radical (unpaired) electrons. The monoisotopic (exact) mass is 626 g/mol. The van der Waals surface area contributed by atoms with Crippen molar-refractivity contribution in [3.63, 3.8) is 0 Å². The second-order valence-corrected chi connectivity index (χ2v) is 10.00. The minimum absolute atomic E-state index is 0.0556. The van der Waals surface area contributed by atoms with Gasteiger partial charge in [-0.3, -0.25) is 9.59 Å². The highest BCUT2D eigenvalue weighted by Gasteiger charge is 2.18. The number of nitrogens with one attached hydrogen (secondary N) is 2. The predicted molar refractivity (Wildman–Crippen MR) is 183 cm³/mol. The number of rotatable bonds is 26. The van der Waals surface area contributed by atoms with E-state index in [-0.39, 0.29) is 12.5 Å². The molecule has 0 aliphatic heterocycles. The van der Waals surface area contributed by atoms with Gasteiger partial charge in [-0.05, 0) is 25.7 Å². The van der Waals surface area contributed by atoms with Crippen molar-refractivity contribution >= 4 is 45.9 Å². The Morgan fingerprint density at radius 2 is 1.16 bits per heavy atom. The third-order valence-corrected chi connectivity index (χ3v) is 6.15. The summed E-state index contributed by atoms with van der Waals surface area (Å²) in [6, 6.07) is -0.736. The van der Waals surface area contributed by atoms with Crippen LogP contribution in [0.2, 0.25) is 6.82 Å². The molecule has 0 aliphatic rings. The average molecular weight is 626 g/mol. The largest absolute Gasteiger partial charge is 0.480 e. The maximum Gasteiger partial charge on any atom is 0.326 e. The topological polar surface area (TPSA) is 176 Å². The van der Waals surface area contributed by atoms with Crippen LogP contribution in [-0.2, 0) is 24.0 Å². The summed E-state index contributed by atoms with van der Waals surface area (Å²) in [4.78, 5) is 52.1. The lowest BCUT2D eigenvalue weighted by molar-refractivity contribution is -0.142. The van der Waals surface area contributed by atoms with E-state index in [1.54, 1.807) is 0 Å². The van der Waals surface area contributed by atoms with Crippen molar-refractivity contribution in [3.05, 3.63) is 0 Å². The standard InChI is InChI=1S/C23H43NO4.C5H11NO.C2H4BNO.CH3B.CH4O/c1-2-18-21(23(27)28)24-22(26)19-16-14-12-10-8-6-4-3-5-7-9-11-13-15-17-20-25;1-2-3-4-6-5-7;3-2(5)1-4;2*1-2/h20-21H,2-19H2,1H3,(H,24,26)(H,27,28);5H,2-4H2,1H3,(H,6,7);1,4H2;1H3;2H,1H3. The number of hydrogen-bond donors (Lipinski definition) is 5. The number of aliphatic hydroxyl groups is 1. The Morgan fingerprint density at radius 1 is 0.750 bits per heavy atom. The second-order valence-electron chi connectivity index (χ2n) is 10.00. The maximum atomic E-state index is 11.8. The zero-order valence-electron chi connectivity index (χ0n) is 28.5. The molecule has 0 rings (SSSR count). The fraction of sp³-hybridized carbons (Fsp3) is 0.844. The number of carbonyl (C=O) groups is 5. The smallest absolute Gasteiger partial charge is 0.326 e. The van der Waals surface area contributed by atoms with Crippen molar-refractivity contribution in [2.45, 2.75) is 155 Å². The van der Waals surface area contributed by atoms with Crippen LogP contribution in [0.15, 0.2) is 0 Å². The third kappa shape index (κ3) is 55.7. The van der Waals surface area contributed by atoms with E-state index in [2.05, 4.69) is 33.2 Å². The lowest BCUT2D eigenvalue weighted by Gasteiger charge is -2.13. The van der Waals surface area contributed by atoms with E-state index in [4.69, 9.17) is 15.9 Å². The molecule has 6 N–H and O–H groups in total. The molecule has 12 heteroatoms. The molecule has 0 aromatic heterocycles. The third-order valence-electron chi connectivity index (χ3n) is 6.15. The van der Waals surface area contributed by atoms with Crippen LogP contribution in [-0.4, -0.2) is 82.4 Å². The lowest BCUT2D eigenvalue weighted by atomic mass is 10.0. The number of aliphatic hydroxyl groups excluding tert-OH is 1. The first-order valence-corrected chi connectivity index (χ1v) is 16.4. The number of carbonyl (C=O) groups excluding carboxylic acids is 4. The van der Waals surface area contributed by atoms with Crippen molar-refractivity contribution in [1.29, 1.82) is 0 Å². The van der Waals surface area contributed by atoms with E-state index in [9.17, 15) is 24.0 Å². The summed E-state index contributed by atoms with van der Waals surface area (Å²) in [7, 11) is 10.0. The van der Waals surface area contributed by atoms with Gasteiger partial charge < -0.3 is 36.2 Å². The summed E-state index contributed by atoms with van der Waals surface area (Å²) in [5.41, 5.74) is 4.23. The van der Waals surface area contributed by atoms with Crippen molar-refractivity contribution in [3.8, 4) is 0 Å². The lowest BCUT2D eigenvalue weighted by Crippen LogP contribution is -2.40. The Kier molecular flexibility index (Phi) is 58.9. The van der Waals surface area contributed by atoms with Gasteiger partial charge in [0.15, 0.2) is 7.85 Å². The maximum absolute atomic E-state index is 11.8. The molecule has 0 aromatic carbocycles. The molecule has 1 unspecified atom stereocenters. The van der Waals surface area contributed by atoms with Gasteiger partial charge in [-0.1, -0.05) is 111 Å². The number of unbranched alkanes of at least 4 members (excludes halogenated alkanes) is 15. The molecule has 0 saturated heterocycles. The zero-order chi connectivity index (χ0) is 34.7. The summed E-state index contributed by atoms with van der Waals surface area (Å²) in [6.45, 7) is 6.27. The summed E-state index contributed by atoms with van der Waals surface area (Å²) in [5, 5.41) is 21.2. The van der Waals surface area contributed by atoms with Gasteiger partial charge in [0.25, 0.3) is 0 Å². The molecular formula is C32H65B2N3O7. The molecule has 0 bridgehead atoms. The summed E-state index contributed by atoms with van der Waals surface area (Å²) in [6.07, 6.45) is 23.3. The van der Waals surface area contributed by atoms with Crippen molar-refractivity contribution in [1.82, 2.24) is 10.6 Å². The zero-order valence-corrected chi connectivity index (χ0v) is 28.5. The SMILES string of the molecule is CCCC(NC(=O)CCCCCCCCCCCCCCCCC=O)C(=O)O.CCCCNC=O.CO.[B]C.[B]C(=O)CN. The Hall–Kier alpha value is -2.20. The van der Waals surface area contributed by atoms with Gasteiger partial charge in [-0.2, -0.15) is 0 Å². The Morgan fingerprint density at radius 3 is 1.48 bits per heavy atom. The minimum Gasteiger partial charge on any atom is -0.480 e. The average Bonchev–Trinajstić information content (AvgIpc) is 3.03. The number of amides is 2. The van der Waals surface area contributed by atoms with Crippen molar-refractivity contribution in [2.75, 3.05) is 20.2 Å². The molecular weight excluding hydrogens is 560 g/mol. The molecule has 0 heterocycles. The number of hydrogen-bond acceptors (Lipinski definition) is 7. The van der Waals surface area contributed by atoms with Gasteiger partial charge in [0.1, 0.15) is 12.3 Å². The van der Waals surface area contributed by atoms with Crippen LogP contribution < -0.4 is 16.4 Å². The van der Waals surface area contributed by atoms with Crippen LogP contribution in [0.5, 0.6) is 0 Å². The second kappa shape index (κ2) is 50.4. The van der Waals surface area contributed by atoms with Crippen LogP contribution in [0, 0.1) is 0 Å². The molecule has 0 aromatic rings. The Labute approximate surface area is 271 Å². The fourth-order valence-electron chi connectivity index (χ4n) is 3.78. The van der Waals surface area contributed by atoms with Crippen LogP contribution in [0.3, 0.4) is 0 Å². The highest BCUT2D eigenvalue weighted by molar-refractivity contribution is 6.58. The molecule has 10 nitrogen and oxygen atoms in total. The molecule has 44 heavy (non-hydrogen) atoms. The molecule has 0 fully saturated rings. The molecule has 0 saturated carbocycles. The molecule has 1 atom stereocenters. The van der Waals surface area contributed by atoms with E-state index < -0.39 is 17.7 Å². The van der Waals surface area contributed by atoms with E-state index in [1.807, 2.05) is 6.92 Å². The molecule has 256 valence electrons. The highest BCUT2D eigenvalue weighted by atomic mass is 16.4. The van der Waals surface area contributed by atoms with Gasteiger partial charge >= 0.3 is 5.97 Å². The van der Waals surface area contributed by atoms with Gasteiger partial charge in [-0.15, -0.1) is 0 Å². The van der Waals surface area contributed by atoms with Crippen molar-refractivity contribution < 1.29 is 34.2 Å². The molecule has 0 aliphatic carbocycles. The van der Waals surface area contributed by atoms with Crippen LogP contribution in [0.1, 0.15) is 142 Å². The minimum atomic E-state index is -0.940.